The van der Waals surface area contributed by atoms with E-state index in [1.165, 1.54) is 16.9 Å². The van der Waals surface area contributed by atoms with Gasteiger partial charge in [0.1, 0.15) is 5.01 Å². The molecule has 1 aromatic heterocycles. The van der Waals surface area contributed by atoms with Crippen molar-refractivity contribution < 1.29 is 19.5 Å². The zero-order valence-electron chi connectivity index (χ0n) is 26.7. The summed E-state index contributed by atoms with van der Waals surface area (Å²) in [6.45, 7) is 6.29. The Morgan fingerprint density at radius 2 is 1.65 bits per heavy atom. The van der Waals surface area contributed by atoms with Gasteiger partial charge in [0.15, 0.2) is 0 Å². The Kier molecular flexibility index (Phi) is 10.2. The Bertz CT molecular complexity index is 1510. The second kappa shape index (κ2) is 14.4. The molecule has 2 N–H and O–H groups in total. The van der Waals surface area contributed by atoms with Gasteiger partial charge in [-0.1, -0.05) is 55.0 Å². The van der Waals surface area contributed by atoms with Crippen LogP contribution in [0.25, 0.3) is 11.3 Å². The first-order valence-electron chi connectivity index (χ1n) is 16.6. The third-order valence-electron chi connectivity index (χ3n) is 10.1. The Morgan fingerprint density at radius 3 is 2.35 bits per heavy atom. The number of benzene rings is 2. The molecule has 2 saturated heterocycles. The number of hydrogen-bond donors (Lipinski definition) is 2. The van der Waals surface area contributed by atoms with E-state index in [0.717, 1.165) is 92.3 Å². The number of amides is 2. The predicted molar refractivity (Wildman–Crippen MR) is 180 cm³/mol. The molecule has 2 aliphatic heterocycles. The normalized spacial score (nSPS) is 20.5. The summed E-state index contributed by atoms with van der Waals surface area (Å²) in [6.07, 6.45) is 5.16. The summed E-state index contributed by atoms with van der Waals surface area (Å²) in [6, 6.07) is 16.5. The summed E-state index contributed by atoms with van der Waals surface area (Å²) in [4.78, 5) is 49.5. The minimum absolute atomic E-state index is 0.198. The quantitative estimate of drug-likeness (QED) is 0.356. The lowest BCUT2D eigenvalue weighted by atomic mass is 9.80. The number of carbonyl (C=O) groups excluding carboxylic acids is 2. The number of hydrogen-bond acceptors (Lipinski definition) is 7. The zero-order valence-corrected chi connectivity index (χ0v) is 27.6. The monoisotopic (exact) mass is 643 g/mol. The Morgan fingerprint density at radius 1 is 0.935 bits per heavy atom. The molecule has 46 heavy (non-hydrogen) atoms. The fourth-order valence-electron chi connectivity index (χ4n) is 7.30. The van der Waals surface area contributed by atoms with Gasteiger partial charge in [-0.15, -0.1) is 11.3 Å². The Labute approximate surface area is 275 Å². The molecular formula is C36H45N5O4S. The largest absolute Gasteiger partial charge is 0.481 e. The summed E-state index contributed by atoms with van der Waals surface area (Å²) >= 11 is 1.50. The molecule has 3 aromatic rings. The van der Waals surface area contributed by atoms with Crippen molar-refractivity contribution in [3.05, 3.63) is 75.6 Å². The van der Waals surface area contributed by atoms with E-state index >= 15 is 0 Å². The summed E-state index contributed by atoms with van der Waals surface area (Å²) in [7, 11) is 2.11. The number of fused-ring (bicyclic) bond motifs is 1. The van der Waals surface area contributed by atoms with E-state index in [1.54, 1.807) is 0 Å². The molecule has 0 radical (unpaired) electrons. The summed E-state index contributed by atoms with van der Waals surface area (Å²) in [5, 5.41) is 15.4. The van der Waals surface area contributed by atoms with E-state index in [2.05, 4.69) is 46.4 Å². The number of carboxylic acids is 1. The first-order chi connectivity index (χ1) is 22.3. The van der Waals surface area contributed by atoms with E-state index in [9.17, 15) is 19.5 Å². The number of thiazole rings is 1. The number of aliphatic carboxylic acids is 1. The van der Waals surface area contributed by atoms with Crippen LogP contribution in [0.1, 0.15) is 59.7 Å². The fourth-order valence-corrected chi connectivity index (χ4v) is 8.05. The highest BCUT2D eigenvalue weighted by Gasteiger charge is 2.45. The van der Waals surface area contributed by atoms with Gasteiger partial charge < -0.3 is 20.2 Å². The first-order valence-corrected chi connectivity index (χ1v) is 17.5. The molecule has 0 bridgehead atoms. The van der Waals surface area contributed by atoms with Crippen molar-refractivity contribution in [3.63, 3.8) is 0 Å². The van der Waals surface area contributed by atoms with Gasteiger partial charge in [-0.2, -0.15) is 0 Å². The van der Waals surface area contributed by atoms with Crippen LogP contribution in [-0.2, 0) is 33.8 Å². The van der Waals surface area contributed by atoms with E-state index in [1.807, 2.05) is 34.5 Å². The zero-order chi connectivity index (χ0) is 32.1. The van der Waals surface area contributed by atoms with Gasteiger partial charge in [-0.3, -0.25) is 19.3 Å². The van der Waals surface area contributed by atoms with Crippen molar-refractivity contribution >= 4 is 29.1 Å². The average Bonchev–Trinajstić information content (AvgIpc) is 3.67. The summed E-state index contributed by atoms with van der Waals surface area (Å²) < 4.78 is 0. The smallest absolute Gasteiger partial charge is 0.304 e. The van der Waals surface area contributed by atoms with Crippen LogP contribution >= 0.6 is 11.3 Å². The topological polar surface area (TPSA) is 106 Å². The molecule has 0 saturated carbocycles. The van der Waals surface area contributed by atoms with E-state index < -0.39 is 11.4 Å². The van der Waals surface area contributed by atoms with Crippen LogP contribution < -0.4 is 5.32 Å². The van der Waals surface area contributed by atoms with Crippen molar-refractivity contribution in [2.45, 2.75) is 57.4 Å². The van der Waals surface area contributed by atoms with E-state index in [-0.39, 0.29) is 24.8 Å². The van der Waals surface area contributed by atoms with Gasteiger partial charge in [-0.05, 0) is 74.8 Å². The molecular weight excluding hydrogens is 598 g/mol. The van der Waals surface area contributed by atoms with Crippen molar-refractivity contribution in [3.8, 4) is 11.3 Å². The molecule has 2 aromatic carbocycles. The van der Waals surface area contributed by atoms with Gasteiger partial charge in [0.05, 0.1) is 30.6 Å². The summed E-state index contributed by atoms with van der Waals surface area (Å²) in [5.41, 5.74) is 4.37. The van der Waals surface area contributed by atoms with Crippen molar-refractivity contribution in [1.82, 2.24) is 25.0 Å². The fraction of sp³-hybridized carbons (Fsp3) is 0.500. The minimum atomic E-state index is -0.973. The third-order valence-corrected chi connectivity index (χ3v) is 10.9. The molecule has 0 spiro atoms. The lowest BCUT2D eigenvalue weighted by Gasteiger charge is -2.34. The Hall–Kier alpha value is -3.60. The number of carboxylic acid groups (broad SMARTS) is 1. The number of piperazine rings is 1. The number of rotatable bonds is 9. The molecule has 9 nitrogen and oxygen atoms in total. The highest BCUT2D eigenvalue weighted by molar-refractivity contribution is 7.09. The van der Waals surface area contributed by atoms with Gasteiger partial charge >= 0.3 is 5.97 Å². The lowest BCUT2D eigenvalue weighted by molar-refractivity contribution is -0.145. The number of carbonyl (C=O) groups is 3. The number of likely N-dealkylation sites (tertiary alicyclic amines) is 1. The molecule has 244 valence electrons. The second-order valence-electron chi connectivity index (χ2n) is 13.3. The number of nitrogens with zero attached hydrogens (tertiary/aromatic N) is 4. The molecule has 1 aliphatic carbocycles. The second-order valence-corrected chi connectivity index (χ2v) is 14.3. The maximum Gasteiger partial charge on any atom is 0.304 e. The molecule has 3 aliphatic rings. The van der Waals surface area contributed by atoms with Crippen molar-refractivity contribution in [2.24, 2.45) is 5.41 Å². The average molecular weight is 644 g/mol. The van der Waals surface area contributed by atoms with Gasteiger partial charge in [0.2, 0.25) is 11.8 Å². The van der Waals surface area contributed by atoms with Crippen LogP contribution in [0.3, 0.4) is 0 Å². The standard InChI is InChI=1S/C36H45N5O4S/c1-39-16-18-41(19-17-39)33(42)24-40-14-5-4-6-26(13-15-40)27-9-11-28(12-10-27)31-25-46-32(38-31)23-37-35(45)36(22-34(43)44)20-29-7-2-3-8-30(29)21-36/h2-3,7-12,25-26H,4-6,13-24H2,1H3,(H,37,45)(H,43,44). The van der Waals surface area contributed by atoms with Crippen LogP contribution in [-0.4, -0.2) is 95.4 Å². The highest BCUT2D eigenvalue weighted by atomic mass is 32.1. The molecule has 1 atom stereocenters. The van der Waals surface area contributed by atoms with Crippen LogP contribution in [0.15, 0.2) is 53.9 Å². The van der Waals surface area contributed by atoms with Crippen LogP contribution in [0.2, 0.25) is 0 Å². The molecule has 1 unspecified atom stereocenters. The highest BCUT2D eigenvalue weighted by Crippen LogP contribution is 2.40. The predicted octanol–water partition coefficient (Wildman–Crippen LogP) is 4.42. The Balaban J connectivity index is 1.02. The number of likely N-dealkylation sites (N-methyl/N-ethyl adjacent to an activating group) is 1. The molecule has 10 heteroatoms. The van der Waals surface area contributed by atoms with Gasteiger partial charge in [0, 0.05) is 37.1 Å². The van der Waals surface area contributed by atoms with Crippen LogP contribution in [0.4, 0.5) is 0 Å². The van der Waals surface area contributed by atoms with Gasteiger partial charge in [0.25, 0.3) is 0 Å². The first kappa shape index (κ1) is 32.3. The molecule has 3 heterocycles. The number of nitrogens with one attached hydrogen (secondary N) is 1. The number of aromatic nitrogens is 1. The van der Waals surface area contributed by atoms with E-state index in [4.69, 9.17) is 4.98 Å². The maximum absolute atomic E-state index is 13.4. The van der Waals surface area contributed by atoms with Crippen molar-refractivity contribution in [2.75, 3.05) is 52.9 Å². The van der Waals surface area contributed by atoms with Crippen LogP contribution in [0.5, 0.6) is 0 Å². The van der Waals surface area contributed by atoms with Gasteiger partial charge in [-0.25, -0.2) is 4.98 Å². The SMILES string of the molecule is CN1CCN(C(=O)CN2CCCCC(c3ccc(-c4csc(CNC(=O)C5(CC(=O)O)Cc6ccccc6C5)n4)cc3)CC2)CC1. The molecule has 2 amide bonds. The third kappa shape index (κ3) is 7.67. The van der Waals surface area contributed by atoms with Crippen LogP contribution in [0, 0.1) is 5.41 Å². The minimum Gasteiger partial charge on any atom is -0.481 e. The summed E-state index contributed by atoms with van der Waals surface area (Å²) in [5.74, 6) is -0.457. The molecule has 2 fully saturated rings. The van der Waals surface area contributed by atoms with Crippen molar-refractivity contribution in [1.29, 1.82) is 0 Å². The molecule has 6 rings (SSSR count). The van der Waals surface area contributed by atoms with E-state index in [0.29, 0.717) is 25.3 Å². The maximum atomic E-state index is 13.4. The lowest BCUT2D eigenvalue weighted by Crippen LogP contribution is -2.50.